The molecule has 0 spiro atoms. The highest BCUT2D eigenvalue weighted by atomic mass is 31.2. The summed E-state index contributed by atoms with van der Waals surface area (Å²) in [7, 11) is -4.50. The highest BCUT2D eigenvalue weighted by molar-refractivity contribution is 7.46. The lowest BCUT2D eigenvalue weighted by Crippen LogP contribution is -2.36. The molecule has 0 rings (SSSR count). The third-order valence-electron chi connectivity index (χ3n) is 3.15. The number of hydrogen-bond donors (Lipinski definition) is 2. The van der Waals surface area contributed by atoms with Crippen molar-refractivity contribution in [1.29, 1.82) is 0 Å². The highest BCUT2D eigenvalue weighted by Gasteiger charge is 2.38. The molecule has 0 saturated heterocycles. The van der Waals surface area contributed by atoms with Crippen LogP contribution in [-0.4, -0.2) is 29.0 Å². The number of phosphoric ester groups is 1. The van der Waals surface area contributed by atoms with Crippen LogP contribution in [0.2, 0.25) is 0 Å². The topological polar surface area (TPSA) is 93.1 Å². The molecule has 1 atom stereocenters. The lowest BCUT2D eigenvalue weighted by atomic mass is 9.73. The first-order chi connectivity index (χ1) is 8.49. The van der Waals surface area contributed by atoms with Crippen LogP contribution in [0.15, 0.2) is 0 Å². The summed E-state index contributed by atoms with van der Waals surface area (Å²) in [6.07, 6.45) is 0.697. The first-order valence-electron chi connectivity index (χ1n) is 6.36. The zero-order valence-corrected chi connectivity index (χ0v) is 13.1. The molecule has 7 heteroatoms. The maximum Gasteiger partial charge on any atom is 0.469 e. The van der Waals surface area contributed by atoms with Gasteiger partial charge in [-0.2, -0.15) is 0 Å². The van der Waals surface area contributed by atoms with Crippen LogP contribution < -0.4 is 0 Å². The number of hydrogen-bond acceptors (Lipinski definition) is 4. The minimum absolute atomic E-state index is 0.116. The summed E-state index contributed by atoms with van der Waals surface area (Å²) in [5.74, 6) is 0.113. The Morgan fingerprint density at radius 2 is 1.74 bits per heavy atom. The molecular formula is C12H25O6P. The van der Waals surface area contributed by atoms with Gasteiger partial charge in [0.05, 0.1) is 12.0 Å². The number of carbonyl (C=O) groups is 1. The van der Waals surface area contributed by atoms with E-state index in [0.29, 0.717) is 12.3 Å². The quantitative estimate of drug-likeness (QED) is 0.406. The first-order valence-corrected chi connectivity index (χ1v) is 7.89. The Labute approximate surface area is 114 Å². The van der Waals surface area contributed by atoms with E-state index in [2.05, 4.69) is 4.52 Å². The molecule has 0 aromatic rings. The van der Waals surface area contributed by atoms with Crippen molar-refractivity contribution in [3.63, 3.8) is 0 Å². The lowest BCUT2D eigenvalue weighted by Gasteiger charge is -2.32. The Morgan fingerprint density at radius 1 is 1.21 bits per heavy atom. The van der Waals surface area contributed by atoms with Gasteiger partial charge in [-0.05, 0) is 25.2 Å². The fourth-order valence-corrected chi connectivity index (χ4v) is 2.17. The van der Waals surface area contributed by atoms with Crippen molar-refractivity contribution < 1.29 is 28.4 Å². The van der Waals surface area contributed by atoms with Gasteiger partial charge in [0, 0.05) is 0 Å². The molecule has 0 saturated carbocycles. The molecule has 6 nitrogen and oxygen atoms in total. The minimum atomic E-state index is -4.50. The molecule has 0 aliphatic rings. The van der Waals surface area contributed by atoms with Crippen LogP contribution in [0.3, 0.4) is 0 Å². The second-order valence-corrected chi connectivity index (χ2v) is 6.87. The van der Waals surface area contributed by atoms with Crippen LogP contribution in [-0.2, 0) is 18.6 Å². The maximum absolute atomic E-state index is 12.1. The Bertz CT molecular complexity index is 335. The van der Waals surface area contributed by atoms with E-state index in [9.17, 15) is 9.36 Å². The van der Waals surface area contributed by atoms with Gasteiger partial charge in [0.1, 0.15) is 6.61 Å². The Morgan fingerprint density at radius 3 is 2.11 bits per heavy atom. The zero-order valence-electron chi connectivity index (χ0n) is 12.3. The van der Waals surface area contributed by atoms with Crippen molar-refractivity contribution in [3.05, 3.63) is 0 Å². The van der Waals surface area contributed by atoms with E-state index in [1.54, 1.807) is 0 Å². The lowest BCUT2D eigenvalue weighted by molar-refractivity contribution is -0.159. The second-order valence-electron chi connectivity index (χ2n) is 5.63. The van der Waals surface area contributed by atoms with Gasteiger partial charge in [-0.15, -0.1) is 0 Å². The largest absolute Gasteiger partial charge is 0.469 e. The van der Waals surface area contributed by atoms with E-state index < -0.39 is 13.2 Å². The van der Waals surface area contributed by atoms with E-state index in [0.717, 1.165) is 0 Å². The molecule has 0 heterocycles. The molecule has 0 aromatic carbocycles. The Hall–Kier alpha value is -0.420. The average molecular weight is 296 g/mol. The normalized spacial score (nSPS) is 15.6. The SMILES string of the molecule is CC(C)CC(C)(C(=O)OCCOP(=O)(O)O)C(C)C. The summed E-state index contributed by atoms with van der Waals surface area (Å²) in [6.45, 7) is 9.35. The van der Waals surface area contributed by atoms with Crippen LogP contribution in [0.4, 0.5) is 0 Å². The number of rotatable bonds is 8. The summed E-state index contributed by atoms with van der Waals surface area (Å²) < 4.78 is 19.7. The molecule has 0 amide bonds. The van der Waals surface area contributed by atoms with E-state index >= 15 is 0 Å². The fraction of sp³-hybridized carbons (Fsp3) is 0.917. The molecule has 1 unspecified atom stereocenters. The summed E-state index contributed by atoms with van der Waals surface area (Å²) in [5, 5.41) is 0. The summed E-state index contributed by atoms with van der Waals surface area (Å²) in [5.41, 5.74) is -0.601. The van der Waals surface area contributed by atoms with Crippen molar-refractivity contribution in [3.8, 4) is 0 Å². The van der Waals surface area contributed by atoms with Gasteiger partial charge in [0.15, 0.2) is 0 Å². The summed E-state index contributed by atoms with van der Waals surface area (Å²) in [6, 6.07) is 0. The highest BCUT2D eigenvalue weighted by Crippen LogP contribution is 2.37. The molecule has 0 aliphatic carbocycles. The van der Waals surface area contributed by atoms with Crippen LogP contribution in [0.25, 0.3) is 0 Å². The van der Waals surface area contributed by atoms with Crippen molar-refractivity contribution >= 4 is 13.8 Å². The molecule has 0 bridgehead atoms. The van der Waals surface area contributed by atoms with Crippen molar-refractivity contribution in [2.45, 2.75) is 41.0 Å². The van der Waals surface area contributed by atoms with Gasteiger partial charge in [-0.25, -0.2) is 4.57 Å². The van der Waals surface area contributed by atoms with Crippen molar-refractivity contribution in [2.75, 3.05) is 13.2 Å². The smallest absolute Gasteiger partial charge is 0.463 e. The van der Waals surface area contributed by atoms with Crippen LogP contribution in [0.1, 0.15) is 41.0 Å². The Kier molecular flexibility index (Phi) is 7.22. The monoisotopic (exact) mass is 296 g/mol. The van der Waals surface area contributed by atoms with Gasteiger partial charge in [0.25, 0.3) is 0 Å². The molecule has 19 heavy (non-hydrogen) atoms. The van der Waals surface area contributed by atoms with Gasteiger partial charge >= 0.3 is 13.8 Å². The third-order valence-corrected chi connectivity index (χ3v) is 3.67. The fourth-order valence-electron chi connectivity index (χ4n) is 1.86. The molecule has 2 N–H and O–H groups in total. The van der Waals surface area contributed by atoms with E-state index in [-0.39, 0.29) is 25.1 Å². The predicted octanol–water partition coefficient (Wildman–Crippen LogP) is 2.35. The van der Waals surface area contributed by atoms with Gasteiger partial charge in [0.2, 0.25) is 0 Å². The van der Waals surface area contributed by atoms with Crippen molar-refractivity contribution in [2.24, 2.45) is 17.3 Å². The molecule has 0 radical (unpaired) electrons. The van der Waals surface area contributed by atoms with E-state index in [1.165, 1.54) is 0 Å². The molecule has 0 aliphatic heterocycles. The minimum Gasteiger partial charge on any atom is -0.463 e. The maximum atomic E-state index is 12.1. The third kappa shape index (κ3) is 7.06. The van der Waals surface area contributed by atoms with Crippen molar-refractivity contribution in [1.82, 2.24) is 0 Å². The van der Waals surface area contributed by atoms with Gasteiger partial charge < -0.3 is 14.5 Å². The summed E-state index contributed by atoms with van der Waals surface area (Å²) in [4.78, 5) is 29.1. The van der Waals surface area contributed by atoms with E-state index in [1.807, 2.05) is 34.6 Å². The first kappa shape index (κ1) is 18.6. The average Bonchev–Trinajstić information content (AvgIpc) is 2.21. The van der Waals surface area contributed by atoms with Gasteiger partial charge in [-0.3, -0.25) is 9.32 Å². The second kappa shape index (κ2) is 7.39. The van der Waals surface area contributed by atoms with Crippen LogP contribution >= 0.6 is 7.82 Å². The number of esters is 1. The van der Waals surface area contributed by atoms with Crippen LogP contribution in [0, 0.1) is 17.3 Å². The zero-order chi connectivity index (χ0) is 15.3. The Balaban J connectivity index is 4.39. The number of ether oxygens (including phenoxy) is 1. The standard InChI is InChI=1S/C12H25O6P/c1-9(2)8-12(5,10(3)4)11(13)17-6-7-18-19(14,15)16/h9-10H,6-8H2,1-5H3,(H2,14,15,16). The van der Waals surface area contributed by atoms with Gasteiger partial charge in [-0.1, -0.05) is 27.7 Å². The molecule has 0 aromatic heterocycles. The molecule has 0 fully saturated rings. The predicted molar refractivity (Wildman–Crippen MR) is 71.4 cm³/mol. The van der Waals surface area contributed by atoms with E-state index in [4.69, 9.17) is 14.5 Å². The molecule has 114 valence electrons. The van der Waals surface area contributed by atoms with Crippen LogP contribution in [0.5, 0.6) is 0 Å². The number of phosphoric acid groups is 1. The molecular weight excluding hydrogens is 271 g/mol. The number of carbonyl (C=O) groups excluding carboxylic acids is 1. The summed E-state index contributed by atoms with van der Waals surface area (Å²) >= 11 is 0.